The largest absolute Gasteiger partial charge is 0.497 e. The van der Waals surface area contributed by atoms with Gasteiger partial charge in [-0.3, -0.25) is 4.98 Å². The van der Waals surface area contributed by atoms with Crippen LogP contribution in [0.1, 0.15) is 55.3 Å². The molecule has 0 saturated heterocycles. The van der Waals surface area contributed by atoms with E-state index in [-0.39, 0.29) is 6.61 Å². The molecule has 2 rings (SSSR count). The number of carbonyl (C=O) groups is 1. The molecule has 31 heavy (non-hydrogen) atoms. The average molecular weight is 428 g/mol. The number of carbonyl (C=O) groups excluding carboxylic acids is 1. The standard InChI is InChI=1S/C25H33NO5/c1-29-22-12-10-20(11-13-22)9-7-5-3-4-6-8-18-31-25-21(19-27)16-17-26-23(25)14-15-24(28)30-2/h10-17,27H,3-9,18-19H2,1-2H3. The van der Waals surface area contributed by atoms with Gasteiger partial charge in [0.2, 0.25) is 0 Å². The third-order valence-corrected chi connectivity index (χ3v) is 5.03. The Morgan fingerprint density at radius 1 is 1.00 bits per heavy atom. The Labute approximate surface area is 184 Å². The lowest BCUT2D eigenvalue weighted by molar-refractivity contribution is -0.134. The Kier molecular flexibility index (Phi) is 11.2. The number of rotatable bonds is 14. The minimum atomic E-state index is -0.464. The molecule has 2 aromatic rings. The first-order valence-corrected chi connectivity index (χ1v) is 10.8. The predicted molar refractivity (Wildman–Crippen MR) is 121 cm³/mol. The molecule has 1 N–H and O–H groups in total. The number of aliphatic hydroxyl groups is 1. The number of hydrogen-bond donors (Lipinski definition) is 1. The molecule has 0 aliphatic rings. The van der Waals surface area contributed by atoms with Crippen molar-refractivity contribution in [2.45, 2.75) is 51.6 Å². The zero-order valence-corrected chi connectivity index (χ0v) is 18.5. The molecule has 168 valence electrons. The van der Waals surface area contributed by atoms with E-state index in [1.54, 1.807) is 25.4 Å². The van der Waals surface area contributed by atoms with Crippen molar-refractivity contribution in [1.29, 1.82) is 0 Å². The molecule has 0 atom stereocenters. The molecule has 0 aliphatic heterocycles. The number of pyridine rings is 1. The molecule has 1 aromatic carbocycles. The highest BCUT2D eigenvalue weighted by atomic mass is 16.5. The van der Waals surface area contributed by atoms with Gasteiger partial charge >= 0.3 is 5.97 Å². The summed E-state index contributed by atoms with van der Waals surface area (Å²) in [5.74, 6) is 0.953. The van der Waals surface area contributed by atoms with Gasteiger partial charge in [0.05, 0.1) is 27.4 Å². The van der Waals surface area contributed by atoms with E-state index in [9.17, 15) is 9.90 Å². The summed E-state index contributed by atoms with van der Waals surface area (Å²) in [5.41, 5.74) is 2.51. The maximum Gasteiger partial charge on any atom is 0.330 e. The Bertz CT molecular complexity index is 817. The van der Waals surface area contributed by atoms with Crippen molar-refractivity contribution in [3.63, 3.8) is 0 Å². The molecule has 0 unspecified atom stereocenters. The zero-order valence-electron chi connectivity index (χ0n) is 18.5. The van der Waals surface area contributed by atoms with Crippen LogP contribution in [0.5, 0.6) is 11.5 Å². The number of esters is 1. The Hall–Kier alpha value is -2.86. The smallest absolute Gasteiger partial charge is 0.330 e. The van der Waals surface area contributed by atoms with Crippen molar-refractivity contribution in [2.75, 3.05) is 20.8 Å². The zero-order chi connectivity index (χ0) is 22.3. The average Bonchev–Trinajstić information content (AvgIpc) is 2.81. The lowest BCUT2D eigenvalue weighted by Gasteiger charge is -2.12. The third kappa shape index (κ3) is 8.80. The van der Waals surface area contributed by atoms with Gasteiger partial charge in [-0.1, -0.05) is 37.8 Å². The molecule has 0 aliphatic carbocycles. The van der Waals surface area contributed by atoms with E-state index in [1.807, 2.05) is 12.1 Å². The first-order valence-electron chi connectivity index (χ1n) is 10.8. The van der Waals surface area contributed by atoms with Gasteiger partial charge in [-0.2, -0.15) is 0 Å². The minimum absolute atomic E-state index is 0.148. The molecular formula is C25H33NO5. The summed E-state index contributed by atoms with van der Waals surface area (Å²) >= 11 is 0. The van der Waals surface area contributed by atoms with Crippen LogP contribution < -0.4 is 9.47 Å². The highest BCUT2D eigenvalue weighted by Crippen LogP contribution is 2.24. The van der Waals surface area contributed by atoms with E-state index in [2.05, 4.69) is 21.9 Å². The highest BCUT2D eigenvalue weighted by molar-refractivity contribution is 5.87. The fourth-order valence-electron chi connectivity index (χ4n) is 3.24. The summed E-state index contributed by atoms with van der Waals surface area (Å²) in [7, 11) is 3.00. The van der Waals surface area contributed by atoms with Crippen molar-refractivity contribution in [3.8, 4) is 11.5 Å². The summed E-state index contributed by atoms with van der Waals surface area (Å²) in [6.07, 6.45) is 12.3. The number of unbranched alkanes of at least 4 members (excludes halogenated alkanes) is 5. The molecule has 1 heterocycles. The minimum Gasteiger partial charge on any atom is -0.497 e. The van der Waals surface area contributed by atoms with E-state index in [1.165, 1.54) is 44.4 Å². The van der Waals surface area contributed by atoms with Gasteiger partial charge in [-0.25, -0.2) is 4.79 Å². The van der Waals surface area contributed by atoms with Crippen LogP contribution >= 0.6 is 0 Å². The number of nitrogens with zero attached hydrogens (tertiary/aromatic N) is 1. The van der Waals surface area contributed by atoms with E-state index < -0.39 is 5.97 Å². The number of hydrogen-bond acceptors (Lipinski definition) is 6. The molecule has 0 spiro atoms. The van der Waals surface area contributed by atoms with E-state index >= 15 is 0 Å². The van der Waals surface area contributed by atoms with Crippen molar-refractivity contribution in [3.05, 3.63) is 59.4 Å². The van der Waals surface area contributed by atoms with Crippen molar-refractivity contribution >= 4 is 12.0 Å². The molecule has 6 nitrogen and oxygen atoms in total. The van der Waals surface area contributed by atoms with Crippen molar-refractivity contribution in [1.82, 2.24) is 4.98 Å². The third-order valence-electron chi connectivity index (χ3n) is 5.03. The second-order valence-electron chi connectivity index (χ2n) is 7.27. The first-order chi connectivity index (χ1) is 15.2. The maximum atomic E-state index is 11.3. The fraction of sp³-hybridized carbons (Fsp3) is 0.440. The van der Waals surface area contributed by atoms with E-state index in [0.29, 0.717) is 23.6 Å². The van der Waals surface area contributed by atoms with Gasteiger partial charge in [0.25, 0.3) is 0 Å². The number of aromatic nitrogens is 1. The number of methoxy groups -OCH3 is 2. The molecule has 0 fully saturated rings. The van der Waals surface area contributed by atoms with Crippen LogP contribution in [0.2, 0.25) is 0 Å². The van der Waals surface area contributed by atoms with Gasteiger partial charge in [-0.15, -0.1) is 0 Å². The number of aryl methyl sites for hydroxylation is 1. The summed E-state index contributed by atoms with van der Waals surface area (Å²) in [6, 6.07) is 9.99. The molecule has 6 heteroatoms. The summed E-state index contributed by atoms with van der Waals surface area (Å²) < 4.78 is 15.7. The lowest BCUT2D eigenvalue weighted by Crippen LogP contribution is -2.04. The van der Waals surface area contributed by atoms with E-state index in [0.717, 1.165) is 25.0 Å². The first kappa shape index (κ1) is 24.4. The predicted octanol–water partition coefficient (Wildman–Crippen LogP) is 4.73. The van der Waals surface area contributed by atoms with Crippen LogP contribution in [0.15, 0.2) is 42.6 Å². The monoisotopic (exact) mass is 427 g/mol. The number of aliphatic hydroxyl groups excluding tert-OH is 1. The van der Waals surface area contributed by atoms with Crippen molar-refractivity contribution < 1.29 is 24.1 Å². The van der Waals surface area contributed by atoms with Gasteiger partial charge in [0, 0.05) is 17.8 Å². The van der Waals surface area contributed by atoms with Gasteiger partial charge in [0.1, 0.15) is 17.2 Å². The van der Waals surface area contributed by atoms with Crippen LogP contribution in [-0.4, -0.2) is 36.9 Å². The molecule has 0 bridgehead atoms. The molecule has 0 saturated carbocycles. The number of benzene rings is 1. The topological polar surface area (TPSA) is 77.9 Å². The second-order valence-corrected chi connectivity index (χ2v) is 7.27. The normalized spacial score (nSPS) is 10.9. The Morgan fingerprint density at radius 3 is 2.39 bits per heavy atom. The number of ether oxygens (including phenoxy) is 3. The van der Waals surface area contributed by atoms with Crippen LogP contribution in [0.4, 0.5) is 0 Å². The van der Waals surface area contributed by atoms with Crippen LogP contribution in [0.25, 0.3) is 6.08 Å². The molecular weight excluding hydrogens is 394 g/mol. The van der Waals surface area contributed by atoms with Crippen LogP contribution in [-0.2, 0) is 22.6 Å². The maximum absolute atomic E-state index is 11.3. The van der Waals surface area contributed by atoms with Gasteiger partial charge in [0.15, 0.2) is 0 Å². The van der Waals surface area contributed by atoms with Gasteiger partial charge < -0.3 is 19.3 Å². The van der Waals surface area contributed by atoms with Gasteiger partial charge in [-0.05, 0) is 49.1 Å². The Morgan fingerprint density at radius 2 is 1.71 bits per heavy atom. The van der Waals surface area contributed by atoms with Crippen molar-refractivity contribution in [2.24, 2.45) is 0 Å². The van der Waals surface area contributed by atoms with Crippen LogP contribution in [0.3, 0.4) is 0 Å². The van der Waals surface area contributed by atoms with Crippen LogP contribution in [0, 0.1) is 0 Å². The molecule has 0 amide bonds. The second kappa shape index (κ2) is 14.2. The fourth-order valence-corrected chi connectivity index (χ4v) is 3.24. The summed E-state index contributed by atoms with van der Waals surface area (Å²) in [4.78, 5) is 15.6. The molecule has 1 aromatic heterocycles. The van der Waals surface area contributed by atoms with E-state index in [4.69, 9.17) is 9.47 Å². The SMILES string of the molecule is COC(=O)C=Cc1nccc(CO)c1OCCCCCCCCc1ccc(OC)cc1. The molecule has 0 radical (unpaired) electrons. The summed E-state index contributed by atoms with van der Waals surface area (Å²) in [5, 5.41) is 9.57. The Balaban J connectivity index is 1.65. The quantitative estimate of drug-likeness (QED) is 0.267. The summed E-state index contributed by atoms with van der Waals surface area (Å²) in [6.45, 7) is 0.398. The lowest BCUT2D eigenvalue weighted by atomic mass is 10.0. The highest BCUT2D eigenvalue weighted by Gasteiger charge is 2.09.